The number of methoxy groups -OCH3 is 2. The first-order valence-electron chi connectivity index (χ1n) is 8.09. The molecule has 1 aromatic heterocycles. The number of unbranched alkanes of at least 4 members (excludes halogenated alkanes) is 2. The van der Waals surface area contributed by atoms with Gasteiger partial charge in [-0.3, -0.25) is 14.2 Å². The predicted octanol–water partition coefficient (Wildman–Crippen LogP) is 0.692. The monoisotopic (exact) mass is 349 g/mol. The third-order valence-electron chi connectivity index (χ3n) is 3.80. The normalized spacial score (nSPS) is 10.7. The van der Waals surface area contributed by atoms with Crippen LogP contribution in [0.3, 0.4) is 0 Å². The minimum Gasteiger partial charge on any atom is -0.493 e. The number of fused-ring (bicyclic) bond motifs is 1. The van der Waals surface area contributed by atoms with E-state index in [9.17, 15) is 9.59 Å². The van der Waals surface area contributed by atoms with E-state index < -0.39 is 0 Å². The number of carbonyl (C=O) groups excluding carboxylic acids is 1. The number of nitrogens with one attached hydrogen (secondary N) is 1. The lowest BCUT2D eigenvalue weighted by atomic mass is 10.2. The minimum absolute atomic E-state index is 0.101. The second-order valence-electron chi connectivity index (χ2n) is 5.54. The number of carbonyl (C=O) groups is 1. The molecule has 0 spiro atoms. The van der Waals surface area contributed by atoms with Crippen molar-refractivity contribution in [1.29, 1.82) is 0 Å². The average Bonchev–Trinajstić information content (AvgIpc) is 2.63. The summed E-state index contributed by atoms with van der Waals surface area (Å²) in [6.45, 7) is 0.566. The van der Waals surface area contributed by atoms with Gasteiger partial charge in [0.25, 0.3) is 5.56 Å². The number of aliphatic hydroxyl groups is 1. The van der Waals surface area contributed by atoms with Gasteiger partial charge in [0.1, 0.15) is 6.54 Å². The van der Waals surface area contributed by atoms with Crippen LogP contribution in [0.2, 0.25) is 0 Å². The van der Waals surface area contributed by atoms with Crippen molar-refractivity contribution in [3.05, 3.63) is 28.8 Å². The molecule has 2 aromatic rings. The Bertz CT molecular complexity index is 788. The fourth-order valence-electron chi connectivity index (χ4n) is 2.45. The Morgan fingerprint density at radius 1 is 1.20 bits per heavy atom. The molecule has 0 radical (unpaired) electrons. The largest absolute Gasteiger partial charge is 0.493 e. The fourth-order valence-corrected chi connectivity index (χ4v) is 2.45. The van der Waals surface area contributed by atoms with Crippen molar-refractivity contribution >= 4 is 16.8 Å². The smallest absolute Gasteiger partial charge is 0.261 e. The molecule has 0 unspecified atom stereocenters. The number of ether oxygens (including phenoxy) is 2. The van der Waals surface area contributed by atoms with E-state index in [0.717, 1.165) is 19.3 Å². The van der Waals surface area contributed by atoms with Gasteiger partial charge in [-0.1, -0.05) is 0 Å². The second kappa shape index (κ2) is 9.03. The zero-order valence-electron chi connectivity index (χ0n) is 14.4. The highest BCUT2D eigenvalue weighted by atomic mass is 16.5. The molecule has 1 aromatic carbocycles. The van der Waals surface area contributed by atoms with Crippen LogP contribution in [0.1, 0.15) is 19.3 Å². The molecule has 0 saturated carbocycles. The van der Waals surface area contributed by atoms with Crippen molar-refractivity contribution < 1.29 is 19.4 Å². The predicted molar refractivity (Wildman–Crippen MR) is 93.1 cm³/mol. The first kappa shape index (κ1) is 18.7. The summed E-state index contributed by atoms with van der Waals surface area (Å²) < 4.78 is 11.7. The molecule has 1 amide bonds. The van der Waals surface area contributed by atoms with Gasteiger partial charge in [0.15, 0.2) is 11.5 Å². The fraction of sp³-hybridized carbons (Fsp3) is 0.471. The molecule has 8 nitrogen and oxygen atoms in total. The van der Waals surface area contributed by atoms with Gasteiger partial charge < -0.3 is 19.9 Å². The van der Waals surface area contributed by atoms with E-state index in [1.54, 1.807) is 12.1 Å². The Kier molecular flexibility index (Phi) is 6.76. The number of nitrogens with zero attached hydrogens (tertiary/aromatic N) is 2. The Morgan fingerprint density at radius 3 is 2.60 bits per heavy atom. The number of benzene rings is 1. The molecule has 0 aliphatic carbocycles. The van der Waals surface area contributed by atoms with E-state index in [-0.39, 0.29) is 24.6 Å². The molecule has 2 N–H and O–H groups in total. The molecule has 136 valence electrons. The van der Waals surface area contributed by atoms with E-state index in [2.05, 4.69) is 10.3 Å². The summed E-state index contributed by atoms with van der Waals surface area (Å²) in [6.07, 6.45) is 3.70. The topological polar surface area (TPSA) is 103 Å². The van der Waals surface area contributed by atoms with Crippen molar-refractivity contribution in [2.24, 2.45) is 0 Å². The molecule has 0 aliphatic rings. The highest BCUT2D eigenvalue weighted by molar-refractivity contribution is 5.82. The summed E-state index contributed by atoms with van der Waals surface area (Å²) in [4.78, 5) is 28.7. The summed E-state index contributed by atoms with van der Waals surface area (Å²) in [6, 6.07) is 3.19. The zero-order valence-corrected chi connectivity index (χ0v) is 14.4. The van der Waals surface area contributed by atoms with E-state index in [4.69, 9.17) is 14.6 Å². The van der Waals surface area contributed by atoms with Gasteiger partial charge >= 0.3 is 0 Å². The van der Waals surface area contributed by atoms with Crippen LogP contribution in [-0.2, 0) is 11.3 Å². The number of hydrogen-bond donors (Lipinski definition) is 2. The third kappa shape index (κ3) is 4.69. The molecular formula is C17H23N3O5. The number of amides is 1. The van der Waals surface area contributed by atoms with Gasteiger partial charge in [-0.05, 0) is 25.3 Å². The number of aliphatic hydroxyl groups excluding tert-OH is 1. The van der Waals surface area contributed by atoms with Gasteiger partial charge in [0, 0.05) is 19.2 Å². The van der Waals surface area contributed by atoms with Crippen molar-refractivity contribution in [3.63, 3.8) is 0 Å². The van der Waals surface area contributed by atoms with Crippen molar-refractivity contribution in [3.8, 4) is 11.5 Å². The molecule has 0 atom stereocenters. The maximum absolute atomic E-state index is 12.6. The molecule has 0 aliphatic heterocycles. The van der Waals surface area contributed by atoms with E-state index in [0.29, 0.717) is 28.9 Å². The molecule has 0 fully saturated rings. The van der Waals surface area contributed by atoms with Crippen molar-refractivity contribution in [2.45, 2.75) is 25.8 Å². The average molecular weight is 349 g/mol. The number of hydrogen-bond acceptors (Lipinski definition) is 6. The Labute approximate surface area is 145 Å². The first-order chi connectivity index (χ1) is 12.1. The van der Waals surface area contributed by atoms with Crippen LogP contribution in [-0.4, -0.2) is 47.9 Å². The molecule has 0 bridgehead atoms. The van der Waals surface area contributed by atoms with Gasteiger partial charge in [0.05, 0.1) is 31.4 Å². The maximum atomic E-state index is 12.6. The van der Waals surface area contributed by atoms with Crippen molar-refractivity contribution in [2.75, 3.05) is 27.4 Å². The summed E-state index contributed by atoms with van der Waals surface area (Å²) >= 11 is 0. The summed E-state index contributed by atoms with van der Waals surface area (Å²) in [7, 11) is 3.00. The van der Waals surface area contributed by atoms with Gasteiger partial charge in [0.2, 0.25) is 5.91 Å². The van der Waals surface area contributed by atoms with Crippen LogP contribution in [0.15, 0.2) is 23.3 Å². The Morgan fingerprint density at radius 2 is 1.92 bits per heavy atom. The van der Waals surface area contributed by atoms with E-state index in [1.165, 1.54) is 25.1 Å². The van der Waals surface area contributed by atoms with Crippen LogP contribution < -0.4 is 20.3 Å². The van der Waals surface area contributed by atoms with Crippen molar-refractivity contribution in [1.82, 2.24) is 14.9 Å². The van der Waals surface area contributed by atoms with Crippen LogP contribution in [0.25, 0.3) is 10.9 Å². The first-order valence-corrected chi connectivity index (χ1v) is 8.09. The highest BCUT2D eigenvalue weighted by Crippen LogP contribution is 2.29. The van der Waals surface area contributed by atoms with Gasteiger partial charge in [-0.2, -0.15) is 0 Å². The lowest BCUT2D eigenvalue weighted by molar-refractivity contribution is -0.121. The van der Waals surface area contributed by atoms with E-state index in [1.807, 2.05) is 0 Å². The van der Waals surface area contributed by atoms with E-state index >= 15 is 0 Å². The van der Waals surface area contributed by atoms with Crippen LogP contribution in [0.4, 0.5) is 0 Å². The molecule has 2 rings (SSSR count). The molecule has 8 heteroatoms. The Balaban J connectivity index is 2.13. The van der Waals surface area contributed by atoms with Crippen LogP contribution in [0.5, 0.6) is 11.5 Å². The van der Waals surface area contributed by atoms with Gasteiger partial charge in [-0.15, -0.1) is 0 Å². The standard InChI is InChI=1S/C17H23N3O5/c1-24-14-8-12-13(9-15(14)25-2)19-11-20(17(12)23)10-16(22)18-6-4-3-5-7-21/h8-9,11,21H,3-7,10H2,1-2H3,(H,18,22). The molecule has 25 heavy (non-hydrogen) atoms. The highest BCUT2D eigenvalue weighted by Gasteiger charge is 2.12. The quantitative estimate of drug-likeness (QED) is 0.646. The molecule has 0 saturated heterocycles. The summed E-state index contributed by atoms with van der Waals surface area (Å²) in [5, 5.41) is 11.8. The summed E-state index contributed by atoms with van der Waals surface area (Å²) in [5.74, 6) is 0.660. The summed E-state index contributed by atoms with van der Waals surface area (Å²) in [5.41, 5.74) is 0.157. The lowest BCUT2D eigenvalue weighted by Gasteiger charge is -2.10. The Hall–Kier alpha value is -2.61. The third-order valence-corrected chi connectivity index (χ3v) is 3.80. The minimum atomic E-state index is -0.318. The number of rotatable bonds is 9. The van der Waals surface area contributed by atoms with Crippen LogP contribution in [0, 0.1) is 0 Å². The van der Waals surface area contributed by atoms with Crippen LogP contribution >= 0.6 is 0 Å². The lowest BCUT2D eigenvalue weighted by Crippen LogP contribution is -2.33. The van der Waals surface area contributed by atoms with Gasteiger partial charge in [-0.25, -0.2) is 4.98 Å². The molecular weight excluding hydrogens is 326 g/mol. The maximum Gasteiger partial charge on any atom is 0.261 e. The SMILES string of the molecule is COc1cc2ncn(CC(=O)NCCCCCO)c(=O)c2cc1OC. The molecule has 1 heterocycles. The number of aromatic nitrogens is 2. The second-order valence-corrected chi connectivity index (χ2v) is 5.54. The zero-order chi connectivity index (χ0) is 18.2.